The van der Waals surface area contributed by atoms with Crippen molar-refractivity contribution in [3.63, 3.8) is 0 Å². The van der Waals surface area contributed by atoms with E-state index in [4.69, 9.17) is 11.6 Å². The quantitative estimate of drug-likeness (QED) is 0.412. The normalized spacial score (nSPS) is 8.50. The molecule has 8 heavy (non-hydrogen) atoms. The van der Waals surface area contributed by atoms with Gasteiger partial charge in [-0.3, -0.25) is 0 Å². The number of allylic oxidation sites excluding steroid dienone is 1. The van der Waals surface area contributed by atoms with E-state index in [9.17, 15) is 0 Å². The fourth-order valence-electron chi connectivity index (χ4n) is 0.475. The van der Waals surface area contributed by atoms with Crippen molar-refractivity contribution in [3.8, 4) is 0 Å². The molecule has 0 rings (SSSR count). The number of nitrogens with zero attached hydrogens (tertiary/aromatic N) is 1. The molecule has 0 aliphatic carbocycles. The number of rotatable bonds is 2. The molecule has 2 heteroatoms. The predicted octanol–water partition coefficient (Wildman–Crippen LogP) is 2.04. The van der Waals surface area contributed by atoms with E-state index >= 15 is 0 Å². The summed E-state index contributed by atoms with van der Waals surface area (Å²) in [5, 5.41) is 0. The highest BCUT2D eigenvalue weighted by atomic mass is 35.5. The van der Waals surface area contributed by atoms with Crippen molar-refractivity contribution in [1.29, 1.82) is 0 Å². The molecule has 0 atom stereocenters. The highest BCUT2D eigenvalue weighted by molar-refractivity contribution is 6.17. The van der Waals surface area contributed by atoms with Gasteiger partial charge in [-0.15, -0.1) is 11.6 Å². The molecule has 0 aromatic carbocycles. The minimum absolute atomic E-state index is 0.561. The van der Waals surface area contributed by atoms with Gasteiger partial charge in [0.25, 0.3) is 0 Å². The van der Waals surface area contributed by atoms with Gasteiger partial charge in [-0.2, -0.15) is 0 Å². The Morgan fingerprint density at radius 1 is 1.62 bits per heavy atom. The second kappa shape index (κ2) is 3.79. The van der Waals surface area contributed by atoms with Crippen LogP contribution in [0.3, 0.4) is 0 Å². The van der Waals surface area contributed by atoms with Crippen molar-refractivity contribution in [2.45, 2.75) is 13.8 Å². The molecule has 0 N–H and O–H groups in total. The van der Waals surface area contributed by atoms with Crippen molar-refractivity contribution < 1.29 is 0 Å². The van der Waals surface area contributed by atoms with Crippen molar-refractivity contribution >= 4 is 11.6 Å². The van der Waals surface area contributed by atoms with Crippen LogP contribution >= 0.6 is 11.6 Å². The standard InChI is InChI=1S/C6H12ClN/c1-6(2)4-8(3)5-7/h4H,5H2,1-3H3. The first-order valence-electron chi connectivity index (χ1n) is 2.58. The van der Waals surface area contributed by atoms with Crippen LogP contribution in [0.15, 0.2) is 11.8 Å². The molecule has 0 radical (unpaired) electrons. The summed E-state index contributed by atoms with van der Waals surface area (Å²) in [5.74, 6) is 0. The van der Waals surface area contributed by atoms with E-state index in [1.54, 1.807) is 0 Å². The van der Waals surface area contributed by atoms with E-state index in [2.05, 4.69) is 0 Å². The first kappa shape index (κ1) is 7.83. The van der Waals surface area contributed by atoms with E-state index in [0.29, 0.717) is 6.00 Å². The van der Waals surface area contributed by atoms with E-state index in [1.165, 1.54) is 5.57 Å². The van der Waals surface area contributed by atoms with Crippen LogP contribution in [0.4, 0.5) is 0 Å². The number of halogens is 1. The summed E-state index contributed by atoms with van der Waals surface area (Å²) in [5.41, 5.74) is 1.27. The molecule has 0 fully saturated rings. The van der Waals surface area contributed by atoms with Gasteiger partial charge in [0.1, 0.15) is 0 Å². The molecular formula is C6H12ClN. The summed E-state index contributed by atoms with van der Waals surface area (Å²) in [6.45, 7) is 4.09. The van der Waals surface area contributed by atoms with Gasteiger partial charge in [0.2, 0.25) is 0 Å². The average Bonchev–Trinajstić information content (AvgIpc) is 1.65. The van der Waals surface area contributed by atoms with Crippen LogP contribution in [0.5, 0.6) is 0 Å². The number of alkyl halides is 1. The van der Waals surface area contributed by atoms with Crippen LogP contribution in [-0.4, -0.2) is 18.0 Å². The molecule has 0 saturated heterocycles. The summed E-state index contributed by atoms with van der Waals surface area (Å²) < 4.78 is 0. The summed E-state index contributed by atoms with van der Waals surface area (Å²) >= 11 is 5.48. The summed E-state index contributed by atoms with van der Waals surface area (Å²) in [7, 11) is 1.94. The Kier molecular flexibility index (Phi) is 3.71. The lowest BCUT2D eigenvalue weighted by Crippen LogP contribution is -2.06. The van der Waals surface area contributed by atoms with Gasteiger partial charge < -0.3 is 4.90 Å². The topological polar surface area (TPSA) is 3.24 Å². The van der Waals surface area contributed by atoms with E-state index in [0.717, 1.165) is 0 Å². The van der Waals surface area contributed by atoms with Crippen molar-refractivity contribution in [2.24, 2.45) is 0 Å². The smallest absolute Gasteiger partial charge is 0.0920 e. The number of hydrogen-bond donors (Lipinski definition) is 0. The zero-order valence-electron chi connectivity index (χ0n) is 5.61. The van der Waals surface area contributed by atoms with Crippen LogP contribution in [0.1, 0.15) is 13.8 Å². The lowest BCUT2D eigenvalue weighted by molar-refractivity contribution is 0.532. The van der Waals surface area contributed by atoms with Crippen LogP contribution in [0, 0.1) is 0 Å². The fourth-order valence-corrected chi connectivity index (χ4v) is 0.544. The monoisotopic (exact) mass is 133 g/mol. The lowest BCUT2D eigenvalue weighted by Gasteiger charge is -2.08. The first-order valence-corrected chi connectivity index (χ1v) is 3.11. The zero-order chi connectivity index (χ0) is 6.57. The van der Waals surface area contributed by atoms with E-state index in [1.807, 2.05) is 32.0 Å². The molecule has 0 amide bonds. The Morgan fingerprint density at radius 2 is 2.12 bits per heavy atom. The maximum absolute atomic E-state index is 5.48. The van der Waals surface area contributed by atoms with Crippen molar-refractivity contribution in [1.82, 2.24) is 4.90 Å². The third kappa shape index (κ3) is 4.00. The molecule has 0 unspecified atom stereocenters. The van der Waals surface area contributed by atoms with Gasteiger partial charge in [-0.25, -0.2) is 0 Å². The largest absolute Gasteiger partial charge is 0.367 e. The molecule has 1 nitrogen and oxygen atoms in total. The third-order valence-electron chi connectivity index (χ3n) is 0.667. The minimum atomic E-state index is 0.561. The molecule has 0 aromatic rings. The van der Waals surface area contributed by atoms with Crippen molar-refractivity contribution in [2.75, 3.05) is 13.1 Å². The molecular weight excluding hydrogens is 122 g/mol. The Labute approximate surface area is 55.9 Å². The van der Waals surface area contributed by atoms with Gasteiger partial charge in [0, 0.05) is 7.05 Å². The first-order chi connectivity index (χ1) is 3.66. The lowest BCUT2D eigenvalue weighted by atomic mass is 10.4. The molecule has 48 valence electrons. The maximum atomic E-state index is 5.48. The number of hydrogen-bond acceptors (Lipinski definition) is 1. The van der Waals surface area contributed by atoms with Gasteiger partial charge in [-0.1, -0.05) is 5.57 Å². The van der Waals surface area contributed by atoms with Crippen LogP contribution < -0.4 is 0 Å². The molecule has 0 aliphatic rings. The summed E-state index contributed by atoms with van der Waals surface area (Å²) in [6, 6.07) is 0.561. The SMILES string of the molecule is CC(C)=CN(C)CCl. The van der Waals surface area contributed by atoms with E-state index in [-0.39, 0.29) is 0 Å². The zero-order valence-corrected chi connectivity index (χ0v) is 6.37. The van der Waals surface area contributed by atoms with Crippen LogP contribution in [0.2, 0.25) is 0 Å². The fraction of sp³-hybridized carbons (Fsp3) is 0.667. The highest BCUT2D eigenvalue weighted by Gasteiger charge is 1.83. The Hall–Kier alpha value is -0.170. The Morgan fingerprint density at radius 3 is 2.25 bits per heavy atom. The Bertz CT molecular complexity index is 84.5. The molecule has 0 spiro atoms. The molecule has 0 aliphatic heterocycles. The highest BCUT2D eigenvalue weighted by Crippen LogP contribution is 1.93. The van der Waals surface area contributed by atoms with Crippen molar-refractivity contribution in [3.05, 3.63) is 11.8 Å². The predicted molar refractivity (Wildman–Crippen MR) is 37.9 cm³/mol. The molecule has 0 heterocycles. The molecule has 0 saturated carbocycles. The molecule has 0 aromatic heterocycles. The Balaban J connectivity index is 3.51. The van der Waals surface area contributed by atoms with E-state index < -0.39 is 0 Å². The molecule has 0 bridgehead atoms. The van der Waals surface area contributed by atoms with Gasteiger partial charge in [0.15, 0.2) is 0 Å². The average molecular weight is 134 g/mol. The second-order valence-corrected chi connectivity index (χ2v) is 2.32. The maximum Gasteiger partial charge on any atom is 0.0920 e. The van der Waals surface area contributed by atoms with Crippen LogP contribution in [-0.2, 0) is 0 Å². The second-order valence-electron chi connectivity index (χ2n) is 2.08. The summed E-state index contributed by atoms with van der Waals surface area (Å²) in [6.07, 6.45) is 2.01. The van der Waals surface area contributed by atoms with Gasteiger partial charge in [-0.05, 0) is 20.0 Å². The van der Waals surface area contributed by atoms with Crippen LogP contribution in [0.25, 0.3) is 0 Å². The van der Waals surface area contributed by atoms with Gasteiger partial charge >= 0.3 is 0 Å². The summed E-state index contributed by atoms with van der Waals surface area (Å²) in [4.78, 5) is 1.93. The minimum Gasteiger partial charge on any atom is -0.367 e. The van der Waals surface area contributed by atoms with Gasteiger partial charge in [0.05, 0.1) is 6.00 Å². The third-order valence-corrected chi connectivity index (χ3v) is 1.04.